The predicted molar refractivity (Wildman–Crippen MR) is 82.8 cm³/mol. The van der Waals surface area contributed by atoms with E-state index in [9.17, 15) is 9.59 Å². The molecule has 2 rings (SSSR count). The van der Waals surface area contributed by atoms with Crippen molar-refractivity contribution in [1.82, 2.24) is 5.32 Å². The van der Waals surface area contributed by atoms with Crippen molar-refractivity contribution in [1.29, 1.82) is 0 Å². The van der Waals surface area contributed by atoms with E-state index in [1.54, 1.807) is 4.90 Å². The number of piperidine rings is 1. The average Bonchev–Trinajstić information content (AvgIpc) is 2.50. The van der Waals surface area contributed by atoms with Crippen LogP contribution in [0.15, 0.2) is 30.3 Å². The van der Waals surface area contributed by atoms with Crippen molar-refractivity contribution >= 4 is 17.5 Å². The Bertz CT molecular complexity index is 490. The number of carbonyl (C=O) groups excluding carboxylic acids is 2. The highest BCUT2D eigenvalue weighted by molar-refractivity contribution is 6.00. The summed E-state index contributed by atoms with van der Waals surface area (Å²) >= 11 is 0. The number of hydrogen-bond acceptors (Lipinski definition) is 3. The minimum absolute atomic E-state index is 0.0514. The van der Waals surface area contributed by atoms with Crippen LogP contribution in [-0.2, 0) is 9.59 Å². The summed E-state index contributed by atoms with van der Waals surface area (Å²) < 4.78 is 0. The Morgan fingerprint density at radius 3 is 2.81 bits per heavy atom. The lowest BCUT2D eigenvalue weighted by Crippen LogP contribution is -2.55. The SMILES string of the molecule is CCCC(N)C(=O)NC1CCCN(c2ccccc2)C1=O. The summed E-state index contributed by atoms with van der Waals surface area (Å²) in [5, 5.41) is 2.80. The molecular formula is C16H23N3O2. The highest BCUT2D eigenvalue weighted by atomic mass is 16.2. The molecule has 5 nitrogen and oxygen atoms in total. The van der Waals surface area contributed by atoms with Gasteiger partial charge in [0.25, 0.3) is 0 Å². The first-order chi connectivity index (χ1) is 10.1. The highest BCUT2D eigenvalue weighted by Gasteiger charge is 2.31. The topological polar surface area (TPSA) is 75.4 Å². The Morgan fingerprint density at radius 1 is 1.43 bits per heavy atom. The molecule has 1 saturated heterocycles. The van der Waals surface area contributed by atoms with E-state index in [0.717, 1.165) is 18.5 Å². The molecule has 0 aromatic heterocycles. The number of nitrogens with zero attached hydrogens (tertiary/aromatic N) is 1. The van der Waals surface area contributed by atoms with Crippen LogP contribution in [0.4, 0.5) is 5.69 Å². The molecule has 0 saturated carbocycles. The van der Waals surface area contributed by atoms with Crippen LogP contribution in [0.5, 0.6) is 0 Å². The van der Waals surface area contributed by atoms with Crippen molar-refractivity contribution in [2.24, 2.45) is 5.73 Å². The van der Waals surface area contributed by atoms with Gasteiger partial charge in [-0.15, -0.1) is 0 Å². The first-order valence-corrected chi connectivity index (χ1v) is 7.56. The number of carbonyl (C=O) groups is 2. The Balaban J connectivity index is 2.02. The molecule has 0 spiro atoms. The van der Waals surface area contributed by atoms with E-state index >= 15 is 0 Å². The normalized spacial score (nSPS) is 20.2. The zero-order valence-electron chi connectivity index (χ0n) is 12.4. The summed E-state index contributed by atoms with van der Waals surface area (Å²) in [4.78, 5) is 26.2. The van der Waals surface area contributed by atoms with Crippen LogP contribution in [-0.4, -0.2) is 30.4 Å². The van der Waals surface area contributed by atoms with E-state index in [2.05, 4.69) is 5.32 Å². The summed E-state index contributed by atoms with van der Waals surface area (Å²) in [6, 6.07) is 8.55. The van der Waals surface area contributed by atoms with Crippen molar-refractivity contribution < 1.29 is 9.59 Å². The Morgan fingerprint density at radius 2 is 2.14 bits per heavy atom. The average molecular weight is 289 g/mol. The second kappa shape index (κ2) is 7.22. The second-order valence-corrected chi connectivity index (χ2v) is 5.42. The molecule has 114 valence electrons. The van der Waals surface area contributed by atoms with Gasteiger partial charge in [0.15, 0.2) is 0 Å². The van der Waals surface area contributed by atoms with Gasteiger partial charge in [0.2, 0.25) is 11.8 Å². The number of nitrogens with one attached hydrogen (secondary N) is 1. The minimum Gasteiger partial charge on any atom is -0.343 e. The molecule has 0 aliphatic carbocycles. The zero-order valence-corrected chi connectivity index (χ0v) is 12.4. The van der Waals surface area contributed by atoms with E-state index in [0.29, 0.717) is 19.4 Å². The number of rotatable bonds is 5. The van der Waals surface area contributed by atoms with Crippen LogP contribution in [0, 0.1) is 0 Å². The van der Waals surface area contributed by atoms with E-state index in [1.165, 1.54) is 0 Å². The maximum atomic E-state index is 12.5. The fraction of sp³-hybridized carbons (Fsp3) is 0.500. The highest BCUT2D eigenvalue weighted by Crippen LogP contribution is 2.20. The van der Waals surface area contributed by atoms with Crippen LogP contribution < -0.4 is 16.0 Å². The summed E-state index contributed by atoms with van der Waals surface area (Å²) in [5.41, 5.74) is 6.67. The molecule has 2 atom stereocenters. The summed E-state index contributed by atoms with van der Waals surface area (Å²) in [7, 11) is 0. The number of nitrogens with two attached hydrogens (primary N) is 1. The molecule has 1 heterocycles. The van der Waals surface area contributed by atoms with Gasteiger partial charge in [-0.25, -0.2) is 0 Å². The van der Waals surface area contributed by atoms with Crippen LogP contribution >= 0.6 is 0 Å². The number of para-hydroxylation sites is 1. The van der Waals surface area contributed by atoms with Crippen molar-refractivity contribution in [3.8, 4) is 0 Å². The van der Waals surface area contributed by atoms with Crippen molar-refractivity contribution in [2.45, 2.75) is 44.7 Å². The minimum atomic E-state index is -0.532. The van der Waals surface area contributed by atoms with Crippen molar-refractivity contribution in [3.05, 3.63) is 30.3 Å². The molecule has 1 aromatic rings. The Kier molecular flexibility index (Phi) is 5.33. The summed E-state index contributed by atoms with van der Waals surface area (Å²) in [6.45, 7) is 2.67. The third-order valence-corrected chi connectivity index (χ3v) is 3.76. The molecular weight excluding hydrogens is 266 g/mol. The molecule has 0 bridgehead atoms. The predicted octanol–water partition coefficient (Wildman–Crippen LogP) is 1.43. The van der Waals surface area contributed by atoms with Gasteiger partial charge in [-0.1, -0.05) is 31.5 Å². The van der Waals surface area contributed by atoms with Crippen molar-refractivity contribution in [3.63, 3.8) is 0 Å². The van der Waals surface area contributed by atoms with Gasteiger partial charge in [0, 0.05) is 12.2 Å². The van der Waals surface area contributed by atoms with Crippen molar-refractivity contribution in [2.75, 3.05) is 11.4 Å². The Hall–Kier alpha value is -1.88. The van der Waals surface area contributed by atoms with E-state index in [-0.39, 0.29) is 11.8 Å². The molecule has 0 radical (unpaired) electrons. The lowest BCUT2D eigenvalue weighted by atomic mass is 10.0. The fourth-order valence-corrected chi connectivity index (χ4v) is 2.59. The standard InChI is InChI=1S/C16H23N3O2/c1-2-7-13(17)15(20)18-14-10-6-11-19(16(14)21)12-8-4-3-5-9-12/h3-5,8-9,13-14H,2,6-7,10-11,17H2,1H3,(H,18,20). The van der Waals surface area contributed by atoms with E-state index in [1.807, 2.05) is 37.3 Å². The maximum absolute atomic E-state index is 12.5. The third kappa shape index (κ3) is 3.82. The lowest BCUT2D eigenvalue weighted by Gasteiger charge is -2.33. The maximum Gasteiger partial charge on any atom is 0.249 e. The summed E-state index contributed by atoms with van der Waals surface area (Å²) in [5.74, 6) is -0.283. The van der Waals surface area contributed by atoms with Crippen LogP contribution in [0.1, 0.15) is 32.6 Å². The van der Waals surface area contributed by atoms with E-state index in [4.69, 9.17) is 5.73 Å². The Labute approximate surface area is 125 Å². The number of benzene rings is 1. The molecule has 1 aromatic carbocycles. The van der Waals surface area contributed by atoms with Crippen LogP contribution in [0.3, 0.4) is 0 Å². The first kappa shape index (κ1) is 15.5. The largest absolute Gasteiger partial charge is 0.343 e. The van der Waals surface area contributed by atoms with Gasteiger partial charge >= 0.3 is 0 Å². The third-order valence-electron chi connectivity index (χ3n) is 3.76. The number of amides is 2. The smallest absolute Gasteiger partial charge is 0.249 e. The number of anilines is 1. The monoisotopic (exact) mass is 289 g/mol. The fourth-order valence-electron chi connectivity index (χ4n) is 2.59. The van der Waals surface area contributed by atoms with Gasteiger partial charge in [-0.2, -0.15) is 0 Å². The molecule has 2 unspecified atom stereocenters. The van der Waals surface area contributed by atoms with Gasteiger partial charge in [-0.05, 0) is 31.4 Å². The van der Waals surface area contributed by atoms with Crippen LogP contribution in [0.2, 0.25) is 0 Å². The van der Waals surface area contributed by atoms with Gasteiger partial charge in [0.1, 0.15) is 6.04 Å². The molecule has 5 heteroatoms. The molecule has 1 aliphatic heterocycles. The molecule has 1 aliphatic rings. The quantitative estimate of drug-likeness (QED) is 0.861. The van der Waals surface area contributed by atoms with Crippen LogP contribution in [0.25, 0.3) is 0 Å². The molecule has 2 amide bonds. The summed E-state index contributed by atoms with van der Waals surface area (Å²) in [6.07, 6.45) is 3.03. The number of hydrogen-bond donors (Lipinski definition) is 2. The van der Waals surface area contributed by atoms with Gasteiger partial charge < -0.3 is 16.0 Å². The molecule has 21 heavy (non-hydrogen) atoms. The van der Waals surface area contributed by atoms with E-state index < -0.39 is 12.1 Å². The zero-order chi connectivity index (χ0) is 15.2. The second-order valence-electron chi connectivity index (χ2n) is 5.42. The van der Waals surface area contributed by atoms with Gasteiger partial charge in [0.05, 0.1) is 6.04 Å². The van der Waals surface area contributed by atoms with Gasteiger partial charge in [-0.3, -0.25) is 9.59 Å². The molecule has 3 N–H and O–H groups in total. The molecule has 1 fully saturated rings. The lowest BCUT2D eigenvalue weighted by molar-refractivity contribution is -0.129. The first-order valence-electron chi connectivity index (χ1n) is 7.56.